The number of aryl methyl sites for hydroxylation is 2. The van der Waals surface area contributed by atoms with Crippen LogP contribution in [0, 0.1) is 19.3 Å². The number of likely N-dealkylation sites (tertiary alicyclic amines) is 1. The lowest BCUT2D eigenvalue weighted by Crippen LogP contribution is -2.36. The van der Waals surface area contributed by atoms with E-state index in [1.807, 2.05) is 6.92 Å². The topological polar surface area (TPSA) is 83.6 Å². The maximum Gasteiger partial charge on any atom is 0.311 e. The molecule has 6 nitrogen and oxygen atoms in total. The summed E-state index contributed by atoms with van der Waals surface area (Å²) in [6.45, 7) is 5.96. The molecule has 0 bridgehead atoms. The third-order valence-electron chi connectivity index (χ3n) is 4.02. The summed E-state index contributed by atoms with van der Waals surface area (Å²) in [6, 6.07) is 0. The number of carbonyl (C=O) groups excluding carboxylic acids is 1. The van der Waals surface area contributed by atoms with Gasteiger partial charge in [0.2, 0.25) is 0 Å². The van der Waals surface area contributed by atoms with Crippen molar-refractivity contribution in [2.24, 2.45) is 5.41 Å². The van der Waals surface area contributed by atoms with Gasteiger partial charge in [-0.1, -0.05) is 12.1 Å². The zero-order valence-electron chi connectivity index (χ0n) is 11.4. The van der Waals surface area contributed by atoms with Crippen LogP contribution in [0.3, 0.4) is 0 Å². The van der Waals surface area contributed by atoms with Crippen LogP contribution in [0.4, 0.5) is 0 Å². The quantitative estimate of drug-likeness (QED) is 0.898. The highest BCUT2D eigenvalue weighted by molar-refractivity contribution is 5.96. The monoisotopic (exact) mass is 266 g/mol. The van der Waals surface area contributed by atoms with Gasteiger partial charge in [0.1, 0.15) is 11.3 Å². The highest BCUT2D eigenvalue weighted by atomic mass is 16.5. The molecule has 6 heteroatoms. The van der Waals surface area contributed by atoms with E-state index >= 15 is 0 Å². The molecule has 1 aliphatic heterocycles. The molecular weight excluding hydrogens is 248 g/mol. The number of rotatable bonds is 3. The summed E-state index contributed by atoms with van der Waals surface area (Å²) >= 11 is 0. The Kier molecular flexibility index (Phi) is 3.34. The van der Waals surface area contributed by atoms with Gasteiger partial charge in [-0.25, -0.2) is 0 Å². The summed E-state index contributed by atoms with van der Waals surface area (Å²) in [5, 5.41) is 13.1. The molecule has 0 aromatic carbocycles. The lowest BCUT2D eigenvalue weighted by Gasteiger charge is -2.23. The fourth-order valence-corrected chi connectivity index (χ4v) is 2.61. The largest absolute Gasteiger partial charge is 0.481 e. The van der Waals surface area contributed by atoms with Gasteiger partial charge in [0, 0.05) is 13.1 Å². The first-order valence-corrected chi connectivity index (χ1v) is 6.37. The van der Waals surface area contributed by atoms with Gasteiger partial charge in [-0.2, -0.15) is 0 Å². The first-order chi connectivity index (χ1) is 8.91. The maximum atomic E-state index is 12.4. The van der Waals surface area contributed by atoms with Crippen LogP contribution < -0.4 is 0 Å². The second kappa shape index (κ2) is 4.68. The predicted octanol–water partition coefficient (Wildman–Crippen LogP) is 1.62. The van der Waals surface area contributed by atoms with Crippen LogP contribution in [0.5, 0.6) is 0 Å². The van der Waals surface area contributed by atoms with Crippen LogP contribution >= 0.6 is 0 Å². The molecule has 1 aliphatic rings. The standard InChI is InChI=1S/C13H18N2O4/c1-4-13(12(17)18)5-6-15(7-13)11(16)10-8(2)14-19-9(10)3/h4-7H2,1-3H3,(H,17,18). The average Bonchev–Trinajstić information content (AvgIpc) is 2.94. The number of aliphatic carboxylic acids is 1. The normalized spacial score (nSPS) is 22.8. The first-order valence-electron chi connectivity index (χ1n) is 6.37. The van der Waals surface area contributed by atoms with Gasteiger partial charge in [-0.3, -0.25) is 9.59 Å². The minimum Gasteiger partial charge on any atom is -0.481 e. The molecular formula is C13H18N2O4. The van der Waals surface area contributed by atoms with E-state index in [0.29, 0.717) is 36.4 Å². The molecule has 2 heterocycles. The molecule has 1 unspecified atom stereocenters. The summed E-state index contributed by atoms with van der Waals surface area (Å²) in [5.41, 5.74) is 0.193. The van der Waals surface area contributed by atoms with Crippen LogP contribution in [0.1, 0.15) is 41.6 Å². The third-order valence-corrected chi connectivity index (χ3v) is 4.02. The number of hydrogen-bond donors (Lipinski definition) is 1. The van der Waals surface area contributed by atoms with E-state index in [1.54, 1.807) is 18.7 Å². The minimum absolute atomic E-state index is 0.187. The van der Waals surface area contributed by atoms with Crippen molar-refractivity contribution in [2.75, 3.05) is 13.1 Å². The molecule has 1 amide bonds. The van der Waals surface area contributed by atoms with E-state index in [9.17, 15) is 14.7 Å². The van der Waals surface area contributed by atoms with Crippen LogP contribution in [0.2, 0.25) is 0 Å². The minimum atomic E-state index is -0.830. The van der Waals surface area contributed by atoms with E-state index < -0.39 is 11.4 Å². The molecule has 0 spiro atoms. The molecule has 0 aliphatic carbocycles. The van der Waals surface area contributed by atoms with Gasteiger partial charge in [-0.05, 0) is 26.7 Å². The Bertz CT molecular complexity index is 503. The molecule has 1 N–H and O–H groups in total. The third kappa shape index (κ3) is 2.11. The number of carbonyl (C=O) groups is 2. The summed E-state index contributed by atoms with van der Waals surface area (Å²) in [4.78, 5) is 25.4. The zero-order valence-corrected chi connectivity index (χ0v) is 11.4. The van der Waals surface area contributed by atoms with Crippen molar-refractivity contribution in [3.05, 3.63) is 17.0 Å². The van der Waals surface area contributed by atoms with E-state index in [1.165, 1.54) is 0 Å². The number of hydrogen-bond acceptors (Lipinski definition) is 4. The van der Waals surface area contributed by atoms with Gasteiger partial charge in [0.25, 0.3) is 5.91 Å². The second-order valence-corrected chi connectivity index (χ2v) is 5.11. The average molecular weight is 266 g/mol. The predicted molar refractivity (Wildman–Crippen MR) is 66.9 cm³/mol. The molecule has 1 saturated heterocycles. The van der Waals surface area contributed by atoms with Crippen molar-refractivity contribution in [2.45, 2.75) is 33.6 Å². The molecule has 0 saturated carbocycles. The SMILES string of the molecule is CCC1(C(=O)O)CCN(C(=O)c2c(C)noc2C)C1. The number of carboxylic acids is 1. The maximum absolute atomic E-state index is 12.4. The smallest absolute Gasteiger partial charge is 0.311 e. The number of amides is 1. The van der Waals surface area contributed by atoms with Gasteiger partial charge >= 0.3 is 5.97 Å². The molecule has 1 aromatic rings. The van der Waals surface area contributed by atoms with Gasteiger partial charge in [0.15, 0.2) is 0 Å². The molecule has 19 heavy (non-hydrogen) atoms. The molecule has 2 rings (SSSR count). The fourth-order valence-electron chi connectivity index (χ4n) is 2.61. The highest BCUT2D eigenvalue weighted by Crippen LogP contribution is 2.35. The van der Waals surface area contributed by atoms with Gasteiger partial charge < -0.3 is 14.5 Å². The van der Waals surface area contributed by atoms with E-state index in [4.69, 9.17) is 4.52 Å². The van der Waals surface area contributed by atoms with E-state index in [0.717, 1.165) is 0 Å². The van der Waals surface area contributed by atoms with Crippen molar-refractivity contribution >= 4 is 11.9 Å². The number of carboxylic acid groups (broad SMARTS) is 1. The Morgan fingerprint density at radius 2 is 2.16 bits per heavy atom. The number of nitrogens with zero attached hydrogens (tertiary/aromatic N) is 2. The molecule has 104 valence electrons. The van der Waals surface area contributed by atoms with Crippen molar-refractivity contribution in [3.8, 4) is 0 Å². The van der Waals surface area contributed by atoms with Gasteiger partial charge in [-0.15, -0.1) is 0 Å². The zero-order chi connectivity index (χ0) is 14.2. The van der Waals surface area contributed by atoms with Crippen LogP contribution in [0.25, 0.3) is 0 Å². The Morgan fingerprint density at radius 3 is 2.58 bits per heavy atom. The summed E-state index contributed by atoms with van der Waals surface area (Å²) in [6.07, 6.45) is 1.02. The molecule has 1 aromatic heterocycles. The molecule has 0 radical (unpaired) electrons. The summed E-state index contributed by atoms with van der Waals surface area (Å²) < 4.78 is 4.99. The van der Waals surface area contributed by atoms with E-state index in [2.05, 4.69) is 5.16 Å². The molecule has 1 atom stereocenters. The van der Waals surface area contributed by atoms with Gasteiger partial charge in [0.05, 0.1) is 11.1 Å². The number of aromatic nitrogens is 1. The molecule has 1 fully saturated rings. The second-order valence-electron chi connectivity index (χ2n) is 5.11. The van der Waals surface area contributed by atoms with Crippen molar-refractivity contribution in [3.63, 3.8) is 0 Å². The Morgan fingerprint density at radius 1 is 1.47 bits per heavy atom. The Balaban J connectivity index is 2.22. The van der Waals surface area contributed by atoms with Crippen molar-refractivity contribution in [1.29, 1.82) is 0 Å². The summed E-state index contributed by atoms with van der Waals surface area (Å²) in [5.74, 6) is -0.538. The lowest BCUT2D eigenvalue weighted by atomic mass is 9.84. The van der Waals surface area contributed by atoms with Crippen molar-refractivity contribution < 1.29 is 19.2 Å². The first kappa shape index (κ1) is 13.6. The van der Waals surface area contributed by atoms with Crippen LogP contribution in [-0.2, 0) is 4.79 Å². The fraction of sp³-hybridized carbons (Fsp3) is 0.615. The van der Waals surface area contributed by atoms with Crippen LogP contribution in [0.15, 0.2) is 4.52 Å². The Hall–Kier alpha value is -1.85. The van der Waals surface area contributed by atoms with E-state index in [-0.39, 0.29) is 12.5 Å². The summed E-state index contributed by atoms with van der Waals surface area (Å²) in [7, 11) is 0. The lowest BCUT2D eigenvalue weighted by molar-refractivity contribution is -0.148. The highest BCUT2D eigenvalue weighted by Gasteiger charge is 2.45. The Labute approximate surface area is 111 Å². The van der Waals surface area contributed by atoms with Crippen molar-refractivity contribution in [1.82, 2.24) is 10.1 Å². The van der Waals surface area contributed by atoms with Crippen LogP contribution in [-0.4, -0.2) is 40.1 Å².